The van der Waals surface area contributed by atoms with Crippen LogP contribution in [0, 0.1) is 0 Å². The SMILES string of the molecule is CC(C)(C)OC(=O)Nc1nc(=O)n(CC(=O)O)cc1C(N)=O. The van der Waals surface area contributed by atoms with Crippen molar-refractivity contribution in [1.82, 2.24) is 9.55 Å². The van der Waals surface area contributed by atoms with Gasteiger partial charge in [0.2, 0.25) is 0 Å². The maximum absolute atomic E-state index is 11.7. The van der Waals surface area contributed by atoms with E-state index in [1.54, 1.807) is 20.8 Å². The summed E-state index contributed by atoms with van der Waals surface area (Å²) in [4.78, 5) is 48.8. The van der Waals surface area contributed by atoms with Gasteiger partial charge in [0.1, 0.15) is 12.1 Å². The number of aliphatic carboxylic acids is 1. The molecule has 10 heteroatoms. The summed E-state index contributed by atoms with van der Waals surface area (Å²) in [5.74, 6) is -2.68. The first-order chi connectivity index (χ1) is 9.99. The van der Waals surface area contributed by atoms with Crippen LogP contribution >= 0.6 is 0 Å². The van der Waals surface area contributed by atoms with Crippen LogP contribution < -0.4 is 16.7 Å². The Bertz CT molecular complexity index is 673. The van der Waals surface area contributed by atoms with Crippen molar-refractivity contribution in [2.24, 2.45) is 5.73 Å². The van der Waals surface area contributed by atoms with Crippen LogP contribution in [0.1, 0.15) is 31.1 Å². The second kappa shape index (κ2) is 6.24. The molecule has 4 N–H and O–H groups in total. The third kappa shape index (κ3) is 4.89. The fraction of sp³-hybridized carbons (Fsp3) is 0.417. The van der Waals surface area contributed by atoms with E-state index in [1.165, 1.54) is 0 Å². The number of nitrogens with two attached hydrogens (primary N) is 1. The number of carboxylic acid groups (broad SMARTS) is 1. The summed E-state index contributed by atoms with van der Waals surface area (Å²) in [7, 11) is 0. The number of aromatic nitrogens is 2. The van der Waals surface area contributed by atoms with E-state index >= 15 is 0 Å². The lowest BCUT2D eigenvalue weighted by Gasteiger charge is -2.19. The minimum atomic E-state index is -1.30. The molecule has 2 amide bonds. The zero-order valence-electron chi connectivity index (χ0n) is 12.2. The molecule has 0 saturated heterocycles. The fourth-order valence-electron chi connectivity index (χ4n) is 1.43. The van der Waals surface area contributed by atoms with Crippen LogP contribution in [0.5, 0.6) is 0 Å². The second-order valence-corrected chi connectivity index (χ2v) is 5.30. The highest BCUT2D eigenvalue weighted by atomic mass is 16.6. The number of rotatable bonds is 4. The molecule has 0 aliphatic heterocycles. The summed E-state index contributed by atoms with van der Waals surface area (Å²) in [5, 5.41) is 10.8. The minimum absolute atomic E-state index is 0.313. The van der Waals surface area contributed by atoms with Gasteiger partial charge in [0.05, 0.1) is 5.56 Å². The molecule has 0 saturated carbocycles. The number of anilines is 1. The molecule has 0 aliphatic carbocycles. The van der Waals surface area contributed by atoms with Crippen LogP contribution in [0.2, 0.25) is 0 Å². The Morgan fingerprint density at radius 1 is 1.41 bits per heavy atom. The molecule has 0 unspecified atom stereocenters. The molecular formula is C12H16N4O6. The summed E-state index contributed by atoms with van der Waals surface area (Å²) in [6.07, 6.45) is -0.0173. The van der Waals surface area contributed by atoms with Crippen LogP contribution in [0.15, 0.2) is 11.0 Å². The molecule has 0 aliphatic rings. The van der Waals surface area contributed by atoms with Crippen LogP contribution in [-0.2, 0) is 16.1 Å². The molecule has 1 aromatic rings. The Labute approximate surface area is 124 Å². The Balaban J connectivity index is 3.17. The first-order valence-electron chi connectivity index (χ1n) is 6.12. The number of carboxylic acids is 1. The number of carbonyl (C=O) groups is 3. The standard InChI is InChI=1S/C12H16N4O6/c1-12(2,3)22-11(21)15-9-6(8(13)19)4-16(5-7(17)18)10(20)14-9/h4H,5H2,1-3H3,(H2,13,19)(H,17,18)(H,14,15,20,21). The highest BCUT2D eigenvalue weighted by Crippen LogP contribution is 2.12. The number of hydrogen-bond acceptors (Lipinski definition) is 6. The van der Waals surface area contributed by atoms with Crippen molar-refractivity contribution in [2.75, 3.05) is 5.32 Å². The van der Waals surface area contributed by atoms with Gasteiger partial charge in [-0.05, 0) is 20.8 Å². The first-order valence-corrected chi connectivity index (χ1v) is 6.12. The first kappa shape index (κ1) is 17.1. The second-order valence-electron chi connectivity index (χ2n) is 5.30. The number of hydrogen-bond donors (Lipinski definition) is 3. The van der Waals surface area contributed by atoms with E-state index in [9.17, 15) is 19.2 Å². The molecule has 0 spiro atoms. The highest BCUT2D eigenvalue weighted by Gasteiger charge is 2.20. The van der Waals surface area contributed by atoms with Crippen molar-refractivity contribution >= 4 is 23.8 Å². The third-order valence-electron chi connectivity index (χ3n) is 2.18. The van der Waals surface area contributed by atoms with Gasteiger partial charge in [-0.2, -0.15) is 4.98 Å². The number of nitrogens with one attached hydrogen (secondary N) is 1. The average Bonchev–Trinajstić information content (AvgIpc) is 2.28. The van der Waals surface area contributed by atoms with E-state index in [-0.39, 0.29) is 5.56 Å². The van der Waals surface area contributed by atoms with Crippen molar-refractivity contribution in [1.29, 1.82) is 0 Å². The molecule has 0 aromatic carbocycles. The van der Waals surface area contributed by atoms with Gasteiger partial charge in [0.15, 0.2) is 5.82 Å². The lowest BCUT2D eigenvalue weighted by Crippen LogP contribution is -2.33. The Kier molecular flexibility index (Phi) is 4.87. The number of amides is 2. The molecule has 0 radical (unpaired) electrons. The molecule has 1 heterocycles. The number of nitrogens with zero attached hydrogens (tertiary/aromatic N) is 2. The predicted molar refractivity (Wildman–Crippen MR) is 74.5 cm³/mol. The predicted octanol–water partition coefficient (Wildman–Crippen LogP) is -0.226. The van der Waals surface area contributed by atoms with Gasteiger partial charge in [-0.25, -0.2) is 9.59 Å². The van der Waals surface area contributed by atoms with Crippen LogP contribution in [-0.4, -0.2) is 38.2 Å². The number of carbonyl (C=O) groups excluding carboxylic acids is 2. The summed E-state index contributed by atoms with van der Waals surface area (Å²) in [6, 6.07) is 0. The fourth-order valence-corrected chi connectivity index (χ4v) is 1.43. The molecule has 0 fully saturated rings. The number of primary amides is 1. The van der Waals surface area contributed by atoms with Gasteiger partial charge in [-0.3, -0.25) is 19.5 Å². The van der Waals surface area contributed by atoms with Crippen molar-refractivity contribution in [2.45, 2.75) is 32.9 Å². The van der Waals surface area contributed by atoms with Gasteiger partial charge < -0.3 is 15.6 Å². The van der Waals surface area contributed by atoms with Crippen molar-refractivity contribution in [3.63, 3.8) is 0 Å². The van der Waals surface area contributed by atoms with Crippen LogP contribution in [0.4, 0.5) is 10.6 Å². The summed E-state index contributed by atoms with van der Waals surface area (Å²) < 4.78 is 5.65. The maximum atomic E-state index is 11.7. The summed E-state index contributed by atoms with van der Waals surface area (Å²) >= 11 is 0. The number of ether oxygens (including phenoxy) is 1. The van der Waals surface area contributed by atoms with Gasteiger partial charge in [-0.15, -0.1) is 0 Å². The molecule has 120 valence electrons. The Morgan fingerprint density at radius 2 is 2.00 bits per heavy atom. The quantitative estimate of drug-likeness (QED) is 0.694. The summed E-state index contributed by atoms with van der Waals surface area (Å²) in [5.41, 5.74) is 3.06. The topological polar surface area (TPSA) is 154 Å². The van der Waals surface area contributed by atoms with Crippen molar-refractivity contribution in [3.05, 3.63) is 22.2 Å². The van der Waals surface area contributed by atoms with Crippen molar-refractivity contribution < 1.29 is 24.2 Å². The smallest absolute Gasteiger partial charge is 0.413 e. The minimum Gasteiger partial charge on any atom is -0.480 e. The van der Waals surface area contributed by atoms with E-state index in [1.807, 2.05) is 0 Å². The van der Waals surface area contributed by atoms with Gasteiger partial charge in [0.25, 0.3) is 5.91 Å². The molecule has 0 atom stereocenters. The van der Waals surface area contributed by atoms with Crippen molar-refractivity contribution in [3.8, 4) is 0 Å². The maximum Gasteiger partial charge on any atom is 0.413 e. The van der Waals surface area contributed by atoms with E-state index in [4.69, 9.17) is 15.6 Å². The third-order valence-corrected chi connectivity index (χ3v) is 2.18. The van der Waals surface area contributed by atoms with Crippen LogP contribution in [0.3, 0.4) is 0 Å². The zero-order valence-corrected chi connectivity index (χ0v) is 12.2. The highest BCUT2D eigenvalue weighted by molar-refractivity contribution is 6.00. The molecule has 1 aromatic heterocycles. The average molecular weight is 312 g/mol. The molecular weight excluding hydrogens is 296 g/mol. The van der Waals surface area contributed by atoms with Gasteiger partial charge in [0, 0.05) is 6.20 Å². The van der Waals surface area contributed by atoms with Crippen LogP contribution in [0.25, 0.3) is 0 Å². The van der Waals surface area contributed by atoms with E-state index in [0.717, 1.165) is 6.20 Å². The lowest BCUT2D eigenvalue weighted by molar-refractivity contribution is -0.137. The molecule has 10 nitrogen and oxygen atoms in total. The van der Waals surface area contributed by atoms with E-state index in [0.29, 0.717) is 4.57 Å². The molecule has 0 bridgehead atoms. The van der Waals surface area contributed by atoms with E-state index in [2.05, 4.69) is 10.3 Å². The Hall–Kier alpha value is -2.91. The normalized spacial score (nSPS) is 10.9. The molecule has 22 heavy (non-hydrogen) atoms. The monoisotopic (exact) mass is 312 g/mol. The Morgan fingerprint density at radius 3 is 2.45 bits per heavy atom. The largest absolute Gasteiger partial charge is 0.480 e. The van der Waals surface area contributed by atoms with E-state index < -0.39 is 41.6 Å². The summed E-state index contributed by atoms with van der Waals surface area (Å²) in [6.45, 7) is 4.18. The van der Waals surface area contributed by atoms with Gasteiger partial charge in [-0.1, -0.05) is 0 Å². The van der Waals surface area contributed by atoms with Gasteiger partial charge >= 0.3 is 17.8 Å². The lowest BCUT2D eigenvalue weighted by atomic mass is 10.2. The molecule has 1 rings (SSSR count). The zero-order chi connectivity index (χ0) is 17.1.